The highest BCUT2D eigenvalue weighted by atomic mass is 15.1. The van der Waals surface area contributed by atoms with Gasteiger partial charge in [-0.2, -0.15) is 0 Å². The molecule has 0 spiro atoms. The fourth-order valence-electron chi connectivity index (χ4n) is 6.16. The van der Waals surface area contributed by atoms with Crippen LogP contribution in [0.25, 0.3) is 67.3 Å². The van der Waals surface area contributed by atoms with Gasteiger partial charge in [-0.3, -0.25) is 10.8 Å². The Labute approximate surface area is 285 Å². The molecule has 0 aliphatic carbocycles. The fourth-order valence-corrected chi connectivity index (χ4v) is 6.16. The molecular weight excluding hydrogens is 608 g/mol. The van der Waals surface area contributed by atoms with Gasteiger partial charge in [-0.1, -0.05) is 37.6 Å². The molecule has 7 aromatic rings. The summed E-state index contributed by atoms with van der Waals surface area (Å²) < 4.78 is 2.32. The van der Waals surface area contributed by atoms with E-state index >= 15 is 0 Å². The molecule has 0 saturated carbocycles. The van der Waals surface area contributed by atoms with E-state index in [9.17, 15) is 0 Å². The Morgan fingerprint density at radius 2 is 1.18 bits per heavy atom. The SMILES string of the molecule is CCCCn1c(-c2ccc(-c3nc4ccc(C(=N)NC(C)C)cc4[nH]3)cc2)nc2cc(-c3nc4ccc(C(=N)NC(C)C)cc4[nH]3)ccc21. The second-order valence-electron chi connectivity index (χ2n) is 13.2. The van der Waals surface area contributed by atoms with E-state index in [1.165, 1.54) is 0 Å². The number of imidazole rings is 3. The predicted octanol–water partition coefficient (Wildman–Crippen LogP) is 8.24. The van der Waals surface area contributed by atoms with E-state index in [0.717, 1.165) is 97.8 Å². The summed E-state index contributed by atoms with van der Waals surface area (Å²) in [6.45, 7) is 11.2. The number of hydrogen-bond acceptors (Lipinski definition) is 5. The molecule has 0 bridgehead atoms. The Bertz CT molecular complexity index is 2320. The molecule has 10 nitrogen and oxygen atoms in total. The molecule has 3 aromatic heterocycles. The van der Waals surface area contributed by atoms with Crippen molar-refractivity contribution in [1.82, 2.24) is 40.1 Å². The number of hydrogen-bond donors (Lipinski definition) is 6. The van der Waals surface area contributed by atoms with E-state index in [0.29, 0.717) is 11.7 Å². The number of aromatic amines is 2. The Balaban J connectivity index is 1.19. The van der Waals surface area contributed by atoms with Gasteiger partial charge in [0, 0.05) is 46.4 Å². The van der Waals surface area contributed by atoms with Crippen LogP contribution in [0.1, 0.15) is 58.6 Å². The van der Waals surface area contributed by atoms with Crippen molar-refractivity contribution in [2.45, 2.75) is 66.1 Å². The molecular formula is C39H42N10. The molecule has 0 aliphatic heterocycles. The zero-order valence-corrected chi connectivity index (χ0v) is 28.6. The molecule has 4 aromatic carbocycles. The van der Waals surface area contributed by atoms with Gasteiger partial charge >= 0.3 is 0 Å². The standard InChI is InChI=1S/C39H42N10/c1-6-7-18-49-34-17-14-28(38-45-30-16-13-27(20-32(30)47-38)36(41)43-23(4)5)21-33(34)48-39(49)25-10-8-24(9-11-25)37-44-29-15-12-26(19-31(29)46-37)35(40)42-22(2)3/h8-17,19-23H,6-7,18H2,1-5H3,(H2,40,42)(H2,41,43)(H,44,46)(H,45,47). The molecule has 7 rings (SSSR count). The van der Waals surface area contributed by atoms with Crippen LogP contribution in [-0.4, -0.2) is 53.2 Å². The minimum atomic E-state index is 0.188. The highest BCUT2D eigenvalue weighted by Gasteiger charge is 2.16. The van der Waals surface area contributed by atoms with Crippen LogP contribution >= 0.6 is 0 Å². The molecule has 0 radical (unpaired) electrons. The van der Waals surface area contributed by atoms with Crippen molar-refractivity contribution in [2.75, 3.05) is 0 Å². The summed E-state index contributed by atoms with van der Waals surface area (Å²) in [5.74, 6) is 3.30. The van der Waals surface area contributed by atoms with Crippen molar-refractivity contribution < 1.29 is 0 Å². The molecule has 10 heteroatoms. The van der Waals surface area contributed by atoms with Crippen molar-refractivity contribution in [3.05, 3.63) is 90.0 Å². The lowest BCUT2D eigenvalue weighted by atomic mass is 10.1. The van der Waals surface area contributed by atoms with Gasteiger partial charge in [0.1, 0.15) is 29.1 Å². The number of aromatic nitrogens is 6. The van der Waals surface area contributed by atoms with Crippen LogP contribution in [0.3, 0.4) is 0 Å². The molecule has 0 aliphatic rings. The average molecular weight is 651 g/mol. The number of amidine groups is 2. The monoisotopic (exact) mass is 650 g/mol. The van der Waals surface area contributed by atoms with Gasteiger partial charge in [-0.05, 0) is 88.7 Å². The molecule has 0 amide bonds. The van der Waals surface area contributed by atoms with Crippen molar-refractivity contribution in [2.24, 2.45) is 0 Å². The highest BCUT2D eigenvalue weighted by molar-refractivity contribution is 6.00. The van der Waals surface area contributed by atoms with Gasteiger partial charge in [-0.25, -0.2) is 15.0 Å². The second-order valence-corrected chi connectivity index (χ2v) is 13.2. The topological polar surface area (TPSA) is 147 Å². The lowest BCUT2D eigenvalue weighted by Gasteiger charge is -2.10. The molecule has 3 heterocycles. The molecule has 49 heavy (non-hydrogen) atoms. The summed E-state index contributed by atoms with van der Waals surface area (Å²) in [6.07, 6.45) is 2.14. The first-order valence-electron chi connectivity index (χ1n) is 17.0. The van der Waals surface area contributed by atoms with Crippen molar-refractivity contribution in [3.63, 3.8) is 0 Å². The number of aryl methyl sites for hydroxylation is 1. The Morgan fingerprint density at radius 1 is 0.653 bits per heavy atom. The summed E-state index contributed by atoms with van der Waals surface area (Å²) in [7, 11) is 0. The maximum atomic E-state index is 8.38. The number of rotatable bonds is 10. The minimum absolute atomic E-state index is 0.188. The lowest BCUT2D eigenvalue weighted by molar-refractivity contribution is 0.651. The molecule has 0 saturated heterocycles. The highest BCUT2D eigenvalue weighted by Crippen LogP contribution is 2.31. The third-order valence-corrected chi connectivity index (χ3v) is 8.58. The number of H-pyrrole nitrogens is 2. The van der Waals surface area contributed by atoms with Crippen molar-refractivity contribution >= 4 is 44.8 Å². The number of unbranched alkanes of at least 4 members (excludes halogenated alkanes) is 1. The normalized spacial score (nSPS) is 11.7. The zero-order valence-electron chi connectivity index (χ0n) is 28.6. The van der Waals surface area contributed by atoms with Gasteiger partial charge in [0.2, 0.25) is 0 Å². The van der Waals surface area contributed by atoms with Crippen LogP contribution in [0.15, 0.2) is 78.9 Å². The van der Waals surface area contributed by atoms with E-state index < -0.39 is 0 Å². The molecule has 0 atom stereocenters. The van der Waals surface area contributed by atoms with Crippen LogP contribution in [-0.2, 0) is 6.54 Å². The van der Waals surface area contributed by atoms with Gasteiger partial charge in [0.05, 0.1) is 33.1 Å². The van der Waals surface area contributed by atoms with Crippen LogP contribution in [0.4, 0.5) is 0 Å². The summed E-state index contributed by atoms with van der Waals surface area (Å²) >= 11 is 0. The Hall–Kier alpha value is -5.77. The first-order valence-corrected chi connectivity index (χ1v) is 17.0. The second kappa shape index (κ2) is 13.0. The number of fused-ring (bicyclic) bond motifs is 3. The Kier molecular flexibility index (Phi) is 8.46. The molecule has 0 fully saturated rings. The number of nitrogens with one attached hydrogen (secondary N) is 6. The van der Waals surface area contributed by atoms with E-state index in [-0.39, 0.29) is 12.1 Å². The van der Waals surface area contributed by atoms with Crippen LogP contribution in [0.5, 0.6) is 0 Å². The first kappa shape index (κ1) is 31.8. The zero-order chi connectivity index (χ0) is 34.2. The van der Waals surface area contributed by atoms with Crippen LogP contribution in [0.2, 0.25) is 0 Å². The van der Waals surface area contributed by atoms with Crippen LogP contribution < -0.4 is 10.6 Å². The third-order valence-electron chi connectivity index (χ3n) is 8.58. The predicted molar refractivity (Wildman–Crippen MR) is 200 cm³/mol. The number of nitrogens with zero attached hydrogens (tertiary/aromatic N) is 4. The first-order chi connectivity index (χ1) is 23.7. The van der Waals surface area contributed by atoms with Crippen molar-refractivity contribution in [1.29, 1.82) is 10.8 Å². The smallest absolute Gasteiger partial charge is 0.141 e. The quantitative estimate of drug-likeness (QED) is 0.0652. The van der Waals surface area contributed by atoms with Gasteiger partial charge in [-0.15, -0.1) is 0 Å². The van der Waals surface area contributed by atoms with Gasteiger partial charge in [0.15, 0.2) is 0 Å². The summed E-state index contributed by atoms with van der Waals surface area (Å²) in [5, 5.41) is 23.1. The summed E-state index contributed by atoms with van der Waals surface area (Å²) in [4.78, 5) is 21.8. The summed E-state index contributed by atoms with van der Waals surface area (Å²) in [5.41, 5.74) is 10.2. The van der Waals surface area contributed by atoms with E-state index in [2.05, 4.69) is 74.6 Å². The van der Waals surface area contributed by atoms with Crippen molar-refractivity contribution in [3.8, 4) is 34.2 Å². The van der Waals surface area contributed by atoms with E-state index in [4.69, 9.17) is 25.8 Å². The molecule has 248 valence electrons. The van der Waals surface area contributed by atoms with Gasteiger partial charge in [0.25, 0.3) is 0 Å². The maximum Gasteiger partial charge on any atom is 0.141 e. The molecule has 6 N–H and O–H groups in total. The van der Waals surface area contributed by atoms with Crippen LogP contribution in [0, 0.1) is 10.8 Å². The van der Waals surface area contributed by atoms with E-state index in [1.807, 2.05) is 64.1 Å². The average Bonchev–Trinajstić information content (AvgIpc) is 3.81. The number of benzene rings is 4. The third kappa shape index (κ3) is 6.41. The Morgan fingerprint density at radius 3 is 1.73 bits per heavy atom. The largest absolute Gasteiger partial charge is 0.368 e. The summed E-state index contributed by atoms with van der Waals surface area (Å²) in [6, 6.07) is 26.9. The maximum absolute atomic E-state index is 8.38. The lowest BCUT2D eigenvalue weighted by Crippen LogP contribution is -2.30. The minimum Gasteiger partial charge on any atom is -0.368 e. The van der Waals surface area contributed by atoms with E-state index in [1.54, 1.807) is 0 Å². The molecule has 0 unspecified atom stereocenters. The fraction of sp³-hybridized carbons (Fsp3) is 0.256. The van der Waals surface area contributed by atoms with Gasteiger partial charge < -0.3 is 25.2 Å².